The fourth-order valence-corrected chi connectivity index (χ4v) is 2.86. The number of hydrogen-bond acceptors (Lipinski definition) is 8. The predicted molar refractivity (Wildman–Crippen MR) is 114 cm³/mol. The smallest absolute Gasteiger partial charge is 0.408 e. The van der Waals surface area contributed by atoms with Crippen molar-refractivity contribution < 1.29 is 19.1 Å². The molecule has 0 aliphatic carbocycles. The number of carbonyl (C=O) groups is 2. The first-order valence-electron chi connectivity index (χ1n) is 9.84. The molecular weight excluding hydrogens is 400 g/mol. The standard InChI is InChI=1S/C21H26N6O4/c1-21(2,3)31-20(29)26-15(19(28)30-11-14-7-5-4-6-8-14)9-10-27-13-25-16-17(22)23-12-24-18(16)27/h4-8,12-13,15H,9-11H2,1-3H3,(H,26,29)(H2,22,23,24)/t15-/m0/s1. The van der Waals surface area contributed by atoms with Crippen molar-refractivity contribution in [2.24, 2.45) is 0 Å². The van der Waals surface area contributed by atoms with E-state index in [2.05, 4.69) is 20.3 Å². The van der Waals surface area contributed by atoms with Crippen LogP contribution >= 0.6 is 0 Å². The number of anilines is 1. The highest BCUT2D eigenvalue weighted by Crippen LogP contribution is 2.15. The van der Waals surface area contributed by atoms with Crippen molar-refractivity contribution in [1.82, 2.24) is 24.8 Å². The van der Waals surface area contributed by atoms with Crippen LogP contribution in [0.15, 0.2) is 43.0 Å². The largest absolute Gasteiger partial charge is 0.459 e. The summed E-state index contributed by atoms with van der Waals surface area (Å²) in [6.45, 7) is 5.68. The van der Waals surface area contributed by atoms with E-state index in [0.717, 1.165) is 5.56 Å². The van der Waals surface area contributed by atoms with E-state index in [1.165, 1.54) is 6.33 Å². The molecule has 0 unspecified atom stereocenters. The molecule has 0 spiro atoms. The molecule has 0 saturated carbocycles. The maximum absolute atomic E-state index is 12.7. The van der Waals surface area contributed by atoms with E-state index in [0.29, 0.717) is 17.7 Å². The second-order valence-corrected chi connectivity index (χ2v) is 7.95. The minimum absolute atomic E-state index is 0.101. The van der Waals surface area contributed by atoms with Crippen LogP contribution in [0, 0.1) is 0 Å². The molecule has 2 heterocycles. The van der Waals surface area contributed by atoms with Crippen LogP contribution in [-0.2, 0) is 27.4 Å². The van der Waals surface area contributed by atoms with Crippen LogP contribution in [0.2, 0.25) is 0 Å². The van der Waals surface area contributed by atoms with Crippen LogP contribution < -0.4 is 11.1 Å². The average molecular weight is 426 g/mol. The maximum Gasteiger partial charge on any atom is 0.408 e. The summed E-state index contributed by atoms with van der Waals surface area (Å²) >= 11 is 0. The van der Waals surface area contributed by atoms with Gasteiger partial charge in [-0.1, -0.05) is 30.3 Å². The molecule has 1 atom stereocenters. The zero-order valence-corrected chi connectivity index (χ0v) is 17.7. The number of rotatable bonds is 7. The van der Waals surface area contributed by atoms with E-state index >= 15 is 0 Å². The Morgan fingerprint density at radius 2 is 1.90 bits per heavy atom. The Bertz CT molecular complexity index is 1040. The number of benzene rings is 1. The Balaban J connectivity index is 1.70. The van der Waals surface area contributed by atoms with E-state index in [9.17, 15) is 9.59 Å². The lowest BCUT2D eigenvalue weighted by atomic mass is 10.2. The molecule has 0 aliphatic heterocycles. The van der Waals surface area contributed by atoms with Gasteiger partial charge in [0, 0.05) is 6.54 Å². The van der Waals surface area contributed by atoms with Crippen LogP contribution in [0.3, 0.4) is 0 Å². The molecule has 2 aromatic heterocycles. The number of carbonyl (C=O) groups excluding carboxylic acids is 2. The number of aryl methyl sites for hydroxylation is 1. The van der Waals surface area contributed by atoms with Gasteiger partial charge in [0.1, 0.15) is 30.1 Å². The first kappa shape index (κ1) is 22.0. The number of aromatic nitrogens is 4. The van der Waals surface area contributed by atoms with E-state index < -0.39 is 23.7 Å². The molecule has 164 valence electrons. The van der Waals surface area contributed by atoms with E-state index in [1.54, 1.807) is 31.7 Å². The summed E-state index contributed by atoms with van der Waals surface area (Å²) in [5, 5.41) is 2.60. The Morgan fingerprint density at radius 1 is 1.16 bits per heavy atom. The topological polar surface area (TPSA) is 134 Å². The van der Waals surface area contributed by atoms with E-state index in [1.807, 2.05) is 30.3 Å². The van der Waals surface area contributed by atoms with Gasteiger partial charge < -0.3 is 25.1 Å². The Morgan fingerprint density at radius 3 is 2.61 bits per heavy atom. The molecule has 3 aromatic rings. The molecule has 10 heteroatoms. The Kier molecular flexibility index (Phi) is 6.68. The second kappa shape index (κ2) is 9.41. The highest BCUT2D eigenvalue weighted by Gasteiger charge is 2.26. The maximum atomic E-state index is 12.7. The number of nitrogens with one attached hydrogen (secondary N) is 1. The third-order valence-corrected chi connectivity index (χ3v) is 4.29. The van der Waals surface area contributed by atoms with Crippen LogP contribution in [0.25, 0.3) is 11.2 Å². The molecule has 31 heavy (non-hydrogen) atoms. The van der Waals surface area contributed by atoms with Crippen molar-refractivity contribution in [2.45, 2.75) is 52.0 Å². The predicted octanol–water partition coefficient (Wildman–Crippen LogP) is 2.44. The molecule has 3 rings (SSSR count). The first-order chi connectivity index (χ1) is 14.7. The van der Waals surface area contributed by atoms with Crippen LogP contribution in [0.4, 0.5) is 10.6 Å². The molecule has 0 saturated heterocycles. The minimum Gasteiger partial charge on any atom is -0.459 e. The third kappa shape index (κ3) is 6.14. The quantitative estimate of drug-likeness (QED) is 0.550. The average Bonchev–Trinajstić information content (AvgIpc) is 3.13. The first-order valence-corrected chi connectivity index (χ1v) is 9.84. The van der Waals surface area contributed by atoms with Gasteiger partial charge in [-0.3, -0.25) is 0 Å². The van der Waals surface area contributed by atoms with Gasteiger partial charge in [-0.05, 0) is 32.8 Å². The van der Waals surface area contributed by atoms with Gasteiger partial charge in [0.2, 0.25) is 0 Å². The Labute approximate surface area is 179 Å². The van der Waals surface area contributed by atoms with E-state index in [-0.39, 0.29) is 18.8 Å². The van der Waals surface area contributed by atoms with Crippen molar-refractivity contribution in [1.29, 1.82) is 0 Å². The molecule has 10 nitrogen and oxygen atoms in total. The third-order valence-electron chi connectivity index (χ3n) is 4.29. The number of nitrogens with zero attached hydrogens (tertiary/aromatic N) is 4. The molecular formula is C21H26N6O4. The zero-order chi connectivity index (χ0) is 22.4. The summed E-state index contributed by atoms with van der Waals surface area (Å²) in [6, 6.07) is 8.38. The summed E-state index contributed by atoms with van der Waals surface area (Å²) < 4.78 is 12.4. The monoisotopic (exact) mass is 426 g/mol. The molecule has 1 aromatic carbocycles. The number of amides is 1. The molecule has 0 radical (unpaired) electrons. The minimum atomic E-state index is -0.921. The van der Waals surface area contributed by atoms with Crippen LogP contribution in [-0.4, -0.2) is 43.2 Å². The SMILES string of the molecule is CC(C)(C)OC(=O)N[C@@H](CCn1cnc2c(N)ncnc21)C(=O)OCc1ccccc1. The molecule has 0 aliphatic rings. The molecule has 0 bridgehead atoms. The number of alkyl carbamates (subject to hydrolysis) is 1. The normalized spacial score (nSPS) is 12.4. The lowest BCUT2D eigenvalue weighted by Crippen LogP contribution is -2.44. The number of ether oxygens (including phenoxy) is 2. The van der Waals surface area contributed by atoms with Gasteiger partial charge in [0.15, 0.2) is 11.5 Å². The second-order valence-electron chi connectivity index (χ2n) is 7.95. The summed E-state index contributed by atoms with van der Waals surface area (Å²) in [7, 11) is 0. The van der Waals surface area contributed by atoms with Gasteiger partial charge >= 0.3 is 12.1 Å². The van der Waals surface area contributed by atoms with Crippen LogP contribution in [0.1, 0.15) is 32.8 Å². The van der Waals surface area contributed by atoms with Gasteiger partial charge in [0.05, 0.1) is 6.33 Å². The van der Waals surface area contributed by atoms with Gasteiger partial charge in [-0.2, -0.15) is 0 Å². The summed E-state index contributed by atoms with van der Waals surface area (Å²) in [5.41, 5.74) is 6.99. The van der Waals surface area contributed by atoms with E-state index in [4.69, 9.17) is 15.2 Å². The van der Waals surface area contributed by atoms with Gasteiger partial charge in [-0.15, -0.1) is 0 Å². The van der Waals surface area contributed by atoms with Gasteiger partial charge in [0.25, 0.3) is 0 Å². The number of hydrogen-bond donors (Lipinski definition) is 2. The molecule has 3 N–H and O–H groups in total. The van der Waals surface area contributed by atoms with Crippen molar-refractivity contribution in [2.75, 3.05) is 5.73 Å². The number of esters is 1. The Hall–Kier alpha value is -3.69. The van der Waals surface area contributed by atoms with Crippen molar-refractivity contribution in [3.8, 4) is 0 Å². The highest BCUT2D eigenvalue weighted by atomic mass is 16.6. The molecule has 1 amide bonds. The van der Waals surface area contributed by atoms with Gasteiger partial charge in [-0.25, -0.2) is 24.5 Å². The fourth-order valence-electron chi connectivity index (χ4n) is 2.86. The lowest BCUT2D eigenvalue weighted by Gasteiger charge is -2.23. The zero-order valence-electron chi connectivity index (χ0n) is 17.7. The number of imidazole rings is 1. The summed E-state index contributed by atoms with van der Waals surface area (Å²) in [5.74, 6) is -0.289. The molecule has 0 fully saturated rings. The highest BCUT2D eigenvalue weighted by molar-refractivity contribution is 5.82. The number of nitrogen functional groups attached to an aromatic ring is 1. The number of nitrogens with two attached hydrogens (primary N) is 1. The van der Waals surface area contributed by atoms with Crippen molar-refractivity contribution >= 4 is 29.0 Å². The lowest BCUT2D eigenvalue weighted by molar-refractivity contribution is -0.147. The summed E-state index contributed by atoms with van der Waals surface area (Å²) in [6.07, 6.45) is 2.45. The van der Waals surface area contributed by atoms with Crippen molar-refractivity contribution in [3.05, 3.63) is 48.5 Å². The fraction of sp³-hybridized carbons (Fsp3) is 0.381. The summed E-state index contributed by atoms with van der Waals surface area (Å²) in [4.78, 5) is 37.3. The van der Waals surface area contributed by atoms with Crippen LogP contribution in [0.5, 0.6) is 0 Å². The number of fused-ring (bicyclic) bond motifs is 1. The van der Waals surface area contributed by atoms with Crippen molar-refractivity contribution in [3.63, 3.8) is 0 Å².